The molecule has 1 amide bonds. The number of nitrogens with one attached hydrogen (secondary N) is 1. The molecule has 158 valence electrons. The Kier molecular flexibility index (Phi) is 8.08. The number of benzene rings is 2. The highest BCUT2D eigenvalue weighted by molar-refractivity contribution is 7.92. The first-order chi connectivity index (χ1) is 13.7. The quantitative estimate of drug-likeness (QED) is 0.601. The molecule has 0 aliphatic heterocycles. The maximum absolute atomic E-state index is 12.1. The number of anilines is 1. The van der Waals surface area contributed by atoms with Gasteiger partial charge in [0, 0.05) is 13.0 Å². The van der Waals surface area contributed by atoms with Crippen molar-refractivity contribution in [3.8, 4) is 5.75 Å². The third kappa shape index (κ3) is 7.42. The standard InChI is InChI=1S/C22H30N2O4S/c1-17-7-5-8-20(16-17)24(29(4,26)27)13-6-9-22(25)23-12-14-28-21-11-10-18(2)15-19(21)3/h5,7-8,10-11,15-16H,6,9,12-14H2,1-4H3,(H,23,25). The highest BCUT2D eigenvalue weighted by Gasteiger charge is 2.17. The van der Waals surface area contributed by atoms with Crippen LogP contribution >= 0.6 is 0 Å². The molecule has 0 bridgehead atoms. The molecule has 0 atom stereocenters. The molecule has 6 nitrogen and oxygen atoms in total. The van der Waals surface area contributed by atoms with Crippen LogP contribution < -0.4 is 14.4 Å². The summed E-state index contributed by atoms with van der Waals surface area (Å²) in [4.78, 5) is 12.1. The van der Waals surface area contributed by atoms with E-state index in [2.05, 4.69) is 11.4 Å². The van der Waals surface area contributed by atoms with Gasteiger partial charge in [0.25, 0.3) is 0 Å². The van der Waals surface area contributed by atoms with Crippen molar-refractivity contribution in [1.82, 2.24) is 5.32 Å². The number of sulfonamides is 1. The summed E-state index contributed by atoms with van der Waals surface area (Å²) in [7, 11) is -3.41. The first-order valence-electron chi connectivity index (χ1n) is 9.68. The Morgan fingerprint density at radius 3 is 2.45 bits per heavy atom. The molecule has 0 radical (unpaired) electrons. The molecule has 0 aliphatic rings. The zero-order valence-electron chi connectivity index (χ0n) is 17.6. The minimum absolute atomic E-state index is 0.119. The average molecular weight is 419 g/mol. The van der Waals surface area contributed by atoms with Crippen LogP contribution in [0, 0.1) is 20.8 Å². The van der Waals surface area contributed by atoms with Crippen LogP contribution in [-0.4, -0.2) is 40.3 Å². The minimum Gasteiger partial charge on any atom is -0.491 e. The van der Waals surface area contributed by atoms with Gasteiger partial charge in [0.05, 0.1) is 18.5 Å². The highest BCUT2D eigenvalue weighted by atomic mass is 32.2. The van der Waals surface area contributed by atoms with Crippen molar-refractivity contribution in [2.24, 2.45) is 0 Å². The lowest BCUT2D eigenvalue weighted by molar-refractivity contribution is -0.121. The zero-order chi connectivity index (χ0) is 21.4. The number of aryl methyl sites for hydroxylation is 3. The second kappa shape index (κ2) is 10.3. The molecule has 0 aliphatic carbocycles. The topological polar surface area (TPSA) is 75.7 Å². The number of hydrogen-bond donors (Lipinski definition) is 1. The molecule has 1 N–H and O–H groups in total. The Balaban J connectivity index is 1.76. The summed E-state index contributed by atoms with van der Waals surface area (Å²) in [6.45, 7) is 6.98. The van der Waals surface area contributed by atoms with Crippen molar-refractivity contribution < 1.29 is 17.9 Å². The fourth-order valence-electron chi connectivity index (χ4n) is 3.05. The van der Waals surface area contributed by atoms with E-state index < -0.39 is 10.0 Å². The van der Waals surface area contributed by atoms with E-state index in [1.165, 1.54) is 16.1 Å². The average Bonchev–Trinajstić information content (AvgIpc) is 2.62. The molecule has 0 heterocycles. The monoisotopic (exact) mass is 418 g/mol. The number of rotatable bonds is 10. The van der Waals surface area contributed by atoms with Crippen molar-refractivity contribution in [3.63, 3.8) is 0 Å². The number of nitrogens with zero attached hydrogens (tertiary/aromatic N) is 1. The summed E-state index contributed by atoms with van der Waals surface area (Å²) in [6, 6.07) is 13.3. The van der Waals surface area contributed by atoms with Gasteiger partial charge in [-0.2, -0.15) is 0 Å². The number of hydrogen-bond acceptors (Lipinski definition) is 4. The fraction of sp³-hybridized carbons (Fsp3) is 0.409. The van der Waals surface area contributed by atoms with E-state index in [1.54, 1.807) is 6.07 Å². The number of carbonyl (C=O) groups is 1. The van der Waals surface area contributed by atoms with Crippen LogP contribution in [-0.2, 0) is 14.8 Å². The molecule has 0 spiro atoms. The summed E-state index contributed by atoms with van der Waals surface area (Å²) in [5.74, 6) is 0.693. The second-order valence-corrected chi connectivity index (χ2v) is 9.15. The van der Waals surface area contributed by atoms with Crippen LogP contribution in [0.3, 0.4) is 0 Å². The van der Waals surface area contributed by atoms with Gasteiger partial charge in [0.1, 0.15) is 12.4 Å². The van der Waals surface area contributed by atoms with E-state index >= 15 is 0 Å². The predicted octanol–water partition coefficient (Wildman–Crippen LogP) is 3.35. The van der Waals surface area contributed by atoms with Crippen LogP contribution in [0.25, 0.3) is 0 Å². The first kappa shape index (κ1) is 22.7. The van der Waals surface area contributed by atoms with E-state index in [-0.39, 0.29) is 18.9 Å². The maximum Gasteiger partial charge on any atom is 0.232 e. The molecular formula is C22H30N2O4S. The van der Waals surface area contributed by atoms with Gasteiger partial charge >= 0.3 is 0 Å². The summed E-state index contributed by atoms with van der Waals surface area (Å²) in [5, 5.41) is 2.81. The van der Waals surface area contributed by atoms with Crippen LogP contribution in [0.2, 0.25) is 0 Å². The van der Waals surface area contributed by atoms with Gasteiger partial charge < -0.3 is 10.1 Å². The van der Waals surface area contributed by atoms with E-state index in [4.69, 9.17) is 4.74 Å². The van der Waals surface area contributed by atoms with Gasteiger partial charge in [-0.25, -0.2) is 8.42 Å². The molecule has 29 heavy (non-hydrogen) atoms. The molecule has 2 aromatic rings. The largest absolute Gasteiger partial charge is 0.491 e. The van der Waals surface area contributed by atoms with Gasteiger partial charge in [0.2, 0.25) is 15.9 Å². The Morgan fingerprint density at radius 2 is 1.79 bits per heavy atom. The predicted molar refractivity (Wildman–Crippen MR) is 117 cm³/mol. The molecule has 0 fully saturated rings. The fourth-order valence-corrected chi connectivity index (χ4v) is 4.01. The summed E-state index contributed by atoms with van der Waals surface area (Å²) >= 11 is 0. The van der Waals surface area contributed by atoms with E-state index in [0.29, 0.717) is 25.3 Å². The number of amides is 1. The zero-order valence-corrected chi connectivity index (χ0v) is 18.4. The van der Waals surface area contributed by atoms with Gasteiger partial charge in [-0.3, -0.25) is 9.10 Å². The van der Waals surface area contributed by atoms with E-state index in [1.807, 2.05) is 51.1 Å². The second-order valence-electron chi connectivity index (χ2n) is 7.25. The van der Waals surface area contributed by atoms with Crippen molar-refractivity contribution >= 4 is 21.6 Å². The van der Waals surface area contributed by atoms with Crippen molar-refractivity contribution in [2.75, 3.05) is 30.3 Å². The van der Waals surface area contributed by atoms with Crippen molar-refractivity contribution in [3.05, 3.63) is 59.2 Å². The van der Waals surface area contributed by atoms with E-state index in [0.717, 1.165) is 16.9 Å². The minimum atomic E-state index is -3.41. The Hall–Kier alpha value is -2.54. The first-order valence-corrected chi connectivity index (χ1v) is 11.5. The number of ether oxygens (including phenoxy) is 1. The Bertz CT molecular complexity index is 942. The molecule has 0 unspecified atom stereocenters. The maximum atomic E-state index is 12.1. The van der Waals surface area contributed by atoms with Gasteiger partial charge in [-0.1, -0.05) is 29.8 Å². The van der Waals surface area contributed by atoms with Crippen LogP contribution in [0.4, 0.5) is 5.69 Å². The molecule has 0 saturated carbocycles. The molecular weight excluding hydrogens is 388 g/mol. The lowest BCUT2D eigenvalue weighted by Gasteiger charge is -2.22. The van der Waals surface area contributed by atoms with Crippen molar-refractivity contribution in [2.45, 2.75) is 33.6 Å². The van der Waals surface area contributed by atoms with Gasteiger partial charge in [-0.05, 0) is 56.5 Å². The number of carbonyl (C=O) groups excluding carboxylic acids is 1. The molecule has 2 aromatic carbocycles. The Labute approximate surface area is 173 Å². The lowest BCUT2D eigenvalue weighted by Crippen LogP contribution is -2.33. The van der Waals surface area contributed by atoms with Crippen LogP contribution in [0.15, 0.2) is 42.5 Å². The summed E-state index contributed by atoms with van der Waals surface area (Å²) in [5.41, 5.74) is 3.85. The Morgan fingerprint density at radius 1 is 1.07 bits per heavy atom. The van der Waals surface area contributed by atoms with E-state index in [9.17, 15) is 13.2 Å². The highest BCUT2D eigenvalue weighted by Crippen LogP contribution is 2.20. The third-order valence-corrected chi connectivity index (χ3v) is 5.66. The smallest absolute Gasteiger partial charge is 0.232 e. The normalized spacial score (nSPS) is 11.2. The molecule has 2 rings (SSSR count). The van der Waals surface area contributed by atoms with Gasteiger partial charge in [-0.15, -0.1) is 0 Å². The van der Waals surface area contributed by atoms with Crippen molar-refractivity contribution in [1.29, 1.82) is 0 Å². The summed E-state index contributed by atoms with van der Waals surface area (Å²) < 4.78 is 31.3. The molecule has 0 aromatic heterocycles. The SMILES string of the molecule is Cc1cccc(N(CCCC(=O)NCCOc2ccc(C)cc2C)S(C)(=O)=O)c1. The van der Waals surface area contributed by atoms with Gasteiger partial charge in [0.15, 0.2) is 0 Å². The lowest BCUT2D eigenvalue weighted by atomic mass is 10.1. The van der Waals surface area contributed by atoms with Crippen LogP contribution in [0.5, 0.6) is 5.75 Å². The third-order valence-electron chi connectivity index (χ3n) is 4.47. The molecule has 7 heteroatoms. The molecule has 0 saturated heterocycles. The summed E-state index contributed by atoms with van der Waals surface area (Å²) in [6.07, 6.45) is 1.87. The van der Waals surface area contributed by atoms with Crippen LogP contribution in [0.1, 0.15) is 29.5 Å².